The predicted molar refractivity (Wildman–Crippen MR) is 68.9 cm³/mol. The highest BCUT2D eigenvalue weighted by molar-refractivity contribution is 5.46. The fourth-order valence-electron chi connectivity index (χ4n) is 2.76. The van der Waals surface area contributed by atoms with Crippen LogP contribution in [-0.4, -0.2) is 14.9 Å². The van der Waals surface area contributed by atoms with E-state index in [1.54, 1.807) is 6.20 Å². The van der Waals surface area contributed by atoms with Crippen LogP contribution in [0.3, 0.4) is 0 Å². The number of rotatable bonds is 2. The van der Waals surface area contributed by atoms with Crippen molar-refractivity contribution in [2.24, 2.45) is 5.73 Å². The van der Waals surface area contributed by atoms with Crippen LogP contribution in [0.2, 0.25) is 0 Å². The molecule has 1 aliphatic rings. The van der Waals surface area contributed by atoms with E-state index >= 15 is 0 Å². The van der Waals surface area contributed by atoms with Crippen LogP contribution in [0, 0.1) is 0 Å². The van der Waals surface area contributed by atoms with Crippen molar-refractivity contribution in [1.82, 2.24) is 9.78 Å². The average molecular weight is 243 g/mol. The van der Waals surface area contributed by atoms with Gasteiger partial charge in [-0.3, -0.25) is 4.68 Å². The van der Waals surface area contributed by atoms with Gasteiger partial charge in [-0.05, 0) is 18.1 Å². The van der Waals surface area contributed by atoms with Crippen molar-refractivity contribution in [1.29, 1.82) is 0 Å². The van der Waals surface area contributed by atoms with Gasteiger partial charge in [0.1, 0.15) is 5.60 Å². The molecule has 1 aliphatic carbocycles. The van der Waals surface area contributed by atoms with Crippen LogP contribution >= 0.6 is 0 Å². The van der Waals surface area contributed by atoms with Crippen LogP contribution < -0.4 is 5.73 Å². The van der Waals surface area contributed by atoms with Crippen molar-refractivity contribution in [2.75, 3.05) is 0 Å². The Hall–Kier alpha value is -1.65. The molecule has 2 unspecified atom stereocenters. The van der Waals surface area contributed by atoms with Crippen molar-refractivity contribution < 1.29 is 5.11 Å². The molecule has 0 bridgehead atoms. The highest BCUT2D eigenvalue weighted by Crippen LogP contribution is 2.45. The lowest BCUT2D eigenvalue weighted by Crippen LogP contribution is -2.24. The third-order valence-electron chi connectivity index (χ3n) is 3.76. The van der Waals surface area contributed by atoms with E-state index in [-0.39, 0.29) is 6.04 Å². The van der Waals surface area contributed by atoms with Gasteiger partial charge in [0.15, 0.2) is 0 Å². The highest BCUT2D eigenvalue weighted by Gasteiger charge is 2.42. The van der Waals surface area contributed by atoms with Gasteiger partial charge in [-0.25, -0.2) is 0 Å². The normalized spacial score (nSPS) is 26.3. The first-order chi connectivity index (χ1) is 8.65. The number of aliphatic hydroxyl groups is 1. The molecular formula is C14H17N3O. The molecule has 0 aliphatic heterocycles. The van der Waals surface area contributed by atoms with E-state index in [1.165, 1.54) is 0 Å². The average Bonchev–Trinajstić information content (AvgIpc) is 2.96. The Morgan fingerprint density at radius 2 is 2.28 bits per heavy atom. The second-order valence-electron chi connectivity index (χ2n) is 4.84. The summed E-state index contributed by atoms with van der Waals surface area (Å²) < 4.78 is 1.82. The maximum Gasteiger partial charge on any atom is 0.120 e. The SMILES string of the molecule is CCn1cc(C2(O)CC(N)c3ccccc32)cn1. The maximum absolute atomic E-state index is 11.0. The van der Waals surface area contributed by atoms with E-state index in [0.29, 0.717) is 6.42 Å². The van der Waals surface area contributed by atoms with E-state index in [9.17, 15) is 5.11 Å². The Balaban J connectivity index is 2.11. The number of aryl methyl sites for hydroxylation is 1. The zero-order valence-electron chi connectivity index (χ0n) is 10.4. The Morgan fingerprint density at radius 1 is 1.50 bits per heavy atom. The van der Waals surface area contributed by atoms with Crippen molar-refractivity contribution in [3.05, 3.63) is 53.3 Å². The maximum atomic E-state index is 11.0. The van der Waals surface area contributed by atoms with E-state index in [1.807, 2.05) is 42.1 Å². The summed E-state index contributed by atoms with van der Waals surface area (Å²) in [5.41, 5.74) is 7.88. The summed E-state index contributed by atoms with van der Waals surface area (Å²) in [6.07, 6.45) is 4.15. The van der Waals surface area contributed by atoms with Gasteiger partial charge >= 0.3 is 0 Å². The van der Waals surface area contributed by atoms with Gasteiger partial charge in [0.05, 0.1) is 6.20 Å². The number of benzene rings is 1. The third-order valence-corrected chi connectivity index (χ3v) is 3.76. The van der Waals surface area contributed by atoms with Crippen LogP contribution in [0.15, 0.2) is 36.7 Å². The van der Waals surface area contributed by atoms with Crippen molar-refractivity contribution >= 4 is 0 Å². The minimum atomic E-state index is -0.997. The summed E-state index contributed by atoms with van der Waals surface area (Å²) in [5, 5.41) is 15.2. The lowest BCUT2D eigenvalue weighted by atomic mass is 9.90. The van der Waals surface area contributed by atoms with Crippen LogP contribution in [0.5, 0.6) is 0 Å². The van der Waals surface area contributed by atoms with Gasteiger partial charge in [-0.15, -0.1) is 0 Å². The van der Waals surface area contributed by atoms with Crippen molar-refractivity contribution in [2.45, 2.75) is 31.5 Å². The van der Waals surface area contributed by atoms with Crippen LogP contribution in [0.25, 0.3) is 0 Å². The second-order valence-corrected chi connectivity index (χ2v) is 4.84. The molecule has 94 valence electrons. The third kappa shape index (κ3) is 1.50. The predicted octanol–water partition coefficient (Wildman–Crippen LogP) is 1.54. The standard InChI is InChI=1S/C14H17N3O/c1-2-17-9-10(8-16-17)14(18)7-13(15)11-5-3-4-6-12(11)14/h3-6,8-9,13,18H,2,7,15H2,1H3. The minimum absolute atomic E-state index is 0.115. The fourth-order valence-corrected chi connectivity index (χ4v) is 2.76. The summed E-state index contributed by atoms with van der Waals surface area (Å²) in [7, 11) is 0. The first-order valence-corrected chi connectivity index (χ1v) is 6.25. The molecule has 1 aromatic carbocycles. The summed E-state index contributed by atoms with van der Waals surface area (Å²) in [6.45, 7) is 2.82. The summed E-state index contributed by atoms with van der Waals surface area (Å²) >= 11 is 0. The monoisotopic (exact) mass is 243 g/mol. The molecule has 0 saturated carbocycles. The zero-order valence-corrected chi connectivity index (χ0v) is 10.4. The summed E-state index contributed by atoms with van der Waals surface area (Å²) in [6, 6.07) is 7.72. The first-order valence-electron chi connectivity index (χ1n) is 6.25. The molecule has 4 heteroatoms. The number of fused-ring (bicyclic) bond motifs is 1. The number of nitrogens with two attached hydrogens (primary N) is 1. The zero-order chi connectivity index (χ0) is 12.8. The molecule has 18 heavy (non-hydrogen) atoms. The second kappa shape index (κ2) is 3.93. The molecule has 3 rings (SSSR count). The lowest BCUT2D eigenvalue weighted by Gasteiger charge is -2.22. The number of hydrogen-bond donors (Lipinski definition) is 2. The molecular weight excluding hydrogens is 226 g/mol. The highest BCUT2D eigenvalue weighted by atomic mass is 16.3. The van der Waals surface area contributed by atoms with Crippen LogP contribution in [0.1, 0.15) is 36.1 Å². The number of nitrogens with zero attached hydrogens (tertiary/aromatic N) is 2. The molecule has 3 N–H and O–H groups in total. The van der Waals surface area contributed by atoms with Gasteiger partial charge < -0.3 is 10.8 Å². The molecule has 0 radical (unpaired) electrons. The molecule has 2 aromatic rings. The minimum Gasteiger partial charge on any atom is -0.380 e. The quantitative estimate of drug-likeness (QED) is 0.841. The Kier molecular flexibility index (Phi) is 2.50. The van der Waals surface area contributed by atoms with Gasteiger partial charge in [-0.1, -0.05) is 24.3 Å². The lowest BCUT2D eigenvalue weighted by molar-refractivity contribution is 0.0775. The Labute approximate surface area is 106 Å². The molecule has 2 atom stereocenters. The van der Waals surface area contributed by atoms with E-state index in [2.05, 4.69) is 5.10 Å². The largest absolute Gasteiger partial charge is 0.380 e. The van der Waals surface area contributed by atoms with Crippen molar-refractivity contribution in [3.63, 3.8) is 0 Å². The van der Waals surface area contributed by atoms with Gasteiger partial charge in [0, 0.05) is 30.8 Å². The molecule has 4 nitrogen and oxygen atoms in total. The van der Waals surface area contributed by atoms with Crippen LogP contribution in [0.4, 0.5) is 0 Å². The smallest absolute Gasteiger partial charge is 0.120 e. The molecule has 1 aromatic heterocycles. The first kappa shape index (κ1) is 11.4. The van der Waals surface area contributed by atoms with Crippen molar-refractivity contribution in [3.8, 4) is 0 Å². The molecule has 0 fully saturated rings. The molecule has 0 spiro atoms. The number of hydrogen-bond acceptors (Lipinski definition) is 3. The van der Waals surface area contributed by atoms with E-state index < -0.39 is 5.60 Å². The van der Waals surface area contributed by atoms with Gasteiger partial charge in [0.25, 0.3) is 0 Å². The molecule has 0 saturated heterocycles. The fraction of sp³-hybridized carbons (Fsp3) is 0.357. The molecule has 1 heterocycles. The van der Waals surface area contributed by atoms with Gasteiger partial charge in [0.2, 0.25) is 0 Å². The summed E-state index contributed by atoms with van der Waals surface area (Å²) in [4.78, 5) is 0. The Morgan fingerprint density at radius 3 is 3.00 bits per heavy atom. The van der Waals surface area contributed by atoms with Crippen LogP contribution in [-0.2, 0) is 12.1 Å². The van der Waals surface area contributed by atoms with E-state index in [0.717, 1.165) is 23.2 Å². The number of aromatic nitrogens is 2. The van der Waals surface area contributed by atoms with Gasteiger partial charge in [-0.2, -0.15) is 5.10 Å². The van der Waals surface area contributed by atoms with E-state index in [4.69, 9.17) is 5.73 Å². The topological polar surface area (TPSA) is 64.1 Å². The summed E-state index contributed by atoms with van der Waals surface area (Å²) in [5.74, 6) is 0. The molecule has 0 amide bonds. The Bertz CT molecular complexity index is 578.